The van der Waals surface area contributed by atoms with Crippen LogP contribution in [-0.4, -0.2) is 17.8 Å². The highest BCUT2D eigenvalue weighted by atomic mass is 32.2. The van der Waals surface area contributed by atoms with E-state index in [-0.39, 0.29) is 10.8 Å². The quantitative estimate of drug-likeness (QED) is 0.762. The molecule has 0 saturated carbocycles. The van der Waals surface area contributed by atoms with Crippen molar-refractivity contribution in [3.63, 3.8) is 0 Å². The van der Waals surface area contributed by atoms with Crippen molar-refractivity contribution in [3.8, 4) is 6.07 Å². The zero-order chi connectivity index (χ0) is 15.0. The zero-order valence-electron chi connectivity index (χ0n) is 10.5. The summed E-state index contributed by atoms with van der Waals surface area (Å²) in [6.45, 7) is 0. The van der Waals surface area contributed by atoms with Crippen molar-refractivity contribution in [2.75, 3.05) is 10.5 Å². The molecular weight excluding hydrogens is 310 g/mol. The topological polar surface area (TPSA) is 113 Å². The Hall–Kier alpha value is -2.57. The van der Waals surface area contributed by atoms with Crippen molar-refractivity contribution < 1.29 is 8.42 Å². The Bertz CT molecular complexity index is 965. The number of benzene rings is 1. The van der Waals surface area contributed by atoms with Crippen LogP contribution in [0.3, 0.4) is 0 Å². The summed E-state index contributed by atoms with van der Waals surface area (Å²) in [7, 11) is -3.90. The van der Waals surface area contributed by atoms with Gasteiger partial charge in [-0.2, -0.15) is 13.7 Å². The normalized spacial score (nSPS) is 11.4. The van der Waals surface area contributed by atoms with E-state index in [9.17, 15) is 8.42 Å². The third-order valence-corrected chi connectivity index (χ3v) is 4.92. The largest absolute Gasteiger partial charge is 0.381 e. The highest BCUT2D eigenvalue weighted by Gasteiger charge is 2.24. The number of thiazole rings is 1. The van der Waals surface area contributed by atoms with E-state index >= 15 is 0 Å². The van der Waals surface area contributed by atoms with E-state index in [1.54, 1.807) is 29.8 Å². The average molecular weight is 319 g/mol. The van der Waals surface area contributed by atoms with E-state index in [4.69, 9.17) is 11.0 Å². The standard InChI is InChI=1S/C12H9N5O2S2/c13-7-8-2-1-3-9(6-8)16-21(18,19)11-10(14)15-12-17(11)4-5-20-12/h1-6,16H,14H2. The summed E-state index contributed by atoms with van der Waals surface area (Å²) >= 11 is 1.29. The predicted octanol–water partition coefficient (Wildman–Crippen LogP) is 1.65. The zero-order valence-corrected chi connectivity index (χ0v) is 12.1. The molecule has 106 valence electrons. The molecule has 0 aliphatic heterocycles. The van der Waals surface area contributed by atoms with Crippen LogP contribution in [0.2, 0.25) is 0 Å². The van der Waals surface area contributed by atoms with Gasteiger partial charge in [0.15, 0.2) is 10.8 Å². The van der Waals surface area contributed by atoms with Crippen LogP contribution >= 0.6 is 11.3 Å². The van der Waals surface area contributed by atoms with Gasteiger partial charge in [-0.3, -0.25) is 9.12 Å². The lowest BCUT2D eigenvalue weighted by atomic mass is 10.2. The van der Waals surface area contributed by atoms with Gasteiger partial charge in [0.25, 0.3) is 10.0 Å². The van der Waals surface area contributed by atoms with Crippen LogP contribution < -0.4 is 10.5 Å². The Morgan fingerprint density at radius 2 is 2.24 bits per heavy atom. The van der Waals surface area contributed by atoms with Crippen molar-refractivity contribution in [1.29, 1.82) is 5.26 Å². The fourth-order valence-corrected chi connectivity index (χ4v) is 3.94. The Morgan fingerprint density at radius 3 is 3.00 bits per heavy atom. The van der Waals surface area contributed by atoms with Gasteiger partial charge in [0.05, 0.1) is 17.3 Å². The van der Waals surface area contributed by atoms with Gasteiger partial charge in [0, 0.05) is 11.6 Å². The number of nitrogens with two attached hydrogens (primary N) is 1. The van der Waals surface area contributed by atoms with Gasteiger partial charge in [-0.15, -0.1) is 11.3 Å². The van der Waals surface area contributed by atoms with E-state index in [0.717, 1.165) is 0 Å². The van der Waals surface area contributed by atoms with Gasteiger partial charge in [0.2, 0.25) is 5.03 Å². The molecule has 7 nitrogen and oxygen atoms in total. The maximum Gasteiger partial charge on any atom is 0.281 e. The van der Waals surface area contributed by atoms with Crippen molar-refractivity contribution in [3.05, 3.63) is 41.4 Å². The number of nitrogens with zero attached hydrogens (tertiary/aromatic N) is 3. The molecule has 2 heterocycles. The molecule has 0 amide bonds. The molecular formula is C12H9N5O2S2. The summed E-state index contributed by atoms with van der Waals surface area (Å²) in [5, 5.41) is 10.5. The summed E-state index contributed by atoms with van der Waals surface area (Å²) in [4.78, 5) is 4.50. The lowest BCUT2D eigenvalue weighted by molar-refractivity contribution is 0.597. The SMILES string of the molecule is N#Cc1cccc(NS(=O)(=O)c2c(N)nc3sccn23)c1. The molecule has 3 N–H and O–H groups in total. The van der Waals surface area contributed by atoms with Crippen LogP contribution in [0.15, 0.2) is 40.9 Å². The minimum absolute atomic E-state index is 0.0641. The van der Waals surface area contributed by atoms with Gasteiger partial charge in [-0.1, -0.05) is 6.07 Å². The molecule has 2 aromatic heterocycles. The van der Waals surface area contributed by atoms with Crippen LogP contribution in [0.4, 0.5) is 11.5 Å². The molecule has 0 saturated heterocycles. The van der Waals surface area contributed by atoms with Crippen molar-refractivity contribution in [2.24, 2.45) is 0 Å². The van der Waals surface area contributed by atoms with E-state index in [2.05, 4.69) is 9.71 Å². The third-order valence-electron chi connectivity index (χ3n) is 2.74. The van der Waals surface area contributed by atoms with Gasteiger partial charge in [-0.25, -0.2) is 4.98 Å². The Kier molecular flexibility index (Phi) is 3.04. The van der Waals surface area contributed by atoms with Crippen LogP contribution in [0, 0.1) is 11.3 Å². The first kappa shape index (κ1) is 13.4. The Labute approximate surface area is 124 Å². The van der Waals surface area contributed by atoms with Crippen LogP contribution in [0.1, 0.15) is 5.56 Å². The molecule has 21 heavy (non-hydrogen) atoms. The second-order valence-corrected chi connectivity index (χ2v) is 6.63. The van der Waals surface area contributed by atoms with Crippen LogP contribution in [0.5, 0.6) is 0 Å². The van der Waals surface area contributed by atoms with Gasteiger partial charge < -0.3 is 5.73 Å². The van der Waals surface area contributed by atoms with E-state index in [1.807, 2.05) is 6.07 Å². The van der Waals surface area contributed by atoms with E-state index in [0.29, 0.717) is 16.2 Å². The maximum absolute atomic E-state index is 12.5. The molecule has 0 fully saturated rings. The number of anilines is 2. The van der Waals surface area contributed by atoms with E-state index in [1.165, 1.54) is 21.8 Å². The van der Waals surface area contributed by atoms with Gasteiger partial charge >= 0.3 is 0 Å². The first-order valence-corrected chi connectivity index (χ1v) is 8.11. The number of nitrogens with one attached hydrogen (secondary N) is 1. The molecule has 9 heteroatoms. The average Bonchev–Trinajstić information content (AvgIpc) is 2.97. The maximum atomic E-state index is 12.5. The molecule has 3 rings (SSSR count). The van der Waals surface area contributed by atoms with Gasteiger partial charge in [-0.05, 0) is 18.2 Å². The third kappa shape index (κ3) is 2.31. The monoisotopic (exact) mass is 319 g/mol. The smallest absolute Gasteiger partial charge is 0.281 e. The summed E-state index contributed by atoms with van der Waals surface area (Å²) in [6.07, 6.45) is 1.59. The minimum atomic E-state index is -3.90. The second kappa shape index (κ2) is 4.76. The lowest BCUT2D eigenvalue weighted by Crippen LogP contribution is -2.16. The summed E-state index contributed by atoms with van der Waals surface area (Å²) in [6, 6.07) is 8.13. The lowest BCUT2D eigenvalue weighted by Gasteiger charge is -2.07. The Balaban J connectivity index is 2.06. The molecule has 0 aliphatic rings. The number of hydrogen-bond acceptors (Lipinski definition) is 6. The number of hydrogen-bond donors (Lipinski definition) is 2. The number of sulfonamides is 1. The number of nitriles is 1. The summed E-state index contributed by atoms with van der Waals surface area (Å²) in [5.74, 6) is -0.0641. The van der Waals surface area contributed by atoms with Crippen molar-refractivity contribution in [2.45, 2.75) is 5.03 Å². The second-order valence-electron chi connectivity index (χ2n) is 4.16. The molecule has 1 aromatic carbocycles. The summed E-state index contributed by atoms with van der Waals surface area (Å²) < 4.78 is 28.7. The number of fused-ring (bicyclic) bond motifs is 1. The van der Waals surface area contributed by atoms with Crippen LogP contribution in [0.25, 0.3) is 4.96 Å². The van der Waals surface area contributed by atoms with Crippen molar-refractivity contribution in [1.82, 2.24) is 9.38 Å². The molecule has 0 atom stereocenters. The first-order valence-electron chi connectivity index (χ1n) is 5.75. The number of imidazole rings is 1. The number of nitrogen functional groups attached to an aromatic ring is 1. The van der Waals surface area contributed by atoms with Gasteiger partial charge in [0.1, 0.15) is 0 Å². The minimum Gasteiger partial charge on any atom is -0.381 e. The first-order chi connectivity index (χ1) is 10.0. The molecule has 0 radical (unpaired) electrons. The molecule has 0 bridgehead atoms. The van der Waals surface area contributed by atoms with Crippen molar-refractivity contribution >= 4 is 37.8 Å². The predicted molar refractivity (Wildman–Crippen MR) is 79.4 cm³/mol. The molecule has 3 aromatic rings. The highest BCUT2D eigenvalue weighted by molar-refractivity contribution is 7.92. The fraction of sp³-hybridized carbons (Fsp3) is 0. The molecule has 0 aliphatic carbocycles. The number of rotatable bonds is 3. The highest BCUT2D eigenvalue weighted by Crippen LogP contribution is 2.25. The van der Waals surface area contributed by atoms with Crippen LogP contribution in [-0.2, 0) is 10.0 Å². The molecule has 0 unspecified atom stereocenters. The number of aromatic nitrogens is 2. The fourth-order valence-electron chi connectivity index (χ4n) is 1.90. The summed E-state index contributed by atoms with van der Waals surface area (Å²) in [5.41, 5.74) is 6.35. The van der Waals surface area contributed by atoms with E-state index < -0.39 is 10.0 Å². The molecule has 0 spiro atoms. The Morgan fingerprint density at radius 1 is 1.43 bits per heavy atom.